The number of aromatic hydroxyl groups is 1. The Bertz CT molecular complexity index is 298. The Morgan fingerprint density at radius 1 is 1.31 bits per heavy atom. The number of benzene rings is 1. The minimum atomic E-state index is 0.202. The van der Waals surface area contributed by atoms with Gasteiger partial charge in [-0.3, -0.25) is 0 Å². The highest BCUT2D eigenvalue weighted by atomic mass is 16.3. The molecule has 70 valence electrons. The van der Waals surface area contributed by atoms with Gasteiger partial charge in [0.2, 0.25) is 0 Å². The van der Waals surface area contributed by atoms with Crippen LogP contribution < -0.4 is 5.73 Å². The maximum atomic E-state index is 9.15. The van der Waals surface area contributed by atoms with E-state index < -0.39 is 0 Å². The summed E-state index contributed by atoms with van der Waals surface area (Å²) >= 11 is 0. The van der Waals surface area contributed by atoms with Crippen LogP contribution in [-0.4, -0.2) is 11.1 Å². The maximum Gasteiger partial charge on any atom is 0.115 e. The summed E-state index contributed by atoms with van der Waals surface area (Å²) in [4.78, 5) is 0. The lowest BCUT2D eigenvalue weighted by Gasteiger charge is -2.19. The average Bonchev–Trinajstić information content (AvgIpc) is 2.86. The van der Waals surface area contributed by atoms with Crippen LogP contribution in [0.2, 0.25) is 0 Å². The van der Waals surface area contributed by atoms with E-state index in [2.05, 4.69) is 6.92 Å². The molecule has 0 saturated heterocycles. The lowest BCUT2D eigenvalue weighted by Crippen LogP contribution is -2.31. The van der Waals surface area contributed by atoms with Crippen molar-refractivity contribution in [2.24, 2.45) is 5.73 Å². The smallest absolute Gasteiger partial charge is 0.115 e. The second kappa shape index (κ2) is 2.74. The molecule has 2 rings (SSSR count). The van der Waals surface area contributed by atoms with Gasteiger partial charge >= 0.3 is 0 Å². The summed E-state index contributed by atoms with van der Waals surface area (Å²) in [5, 5.41) is 9.15. The number of nitrogens with two attached hydrogens (primary N) is 1. The monoisotopic (exact) mass is 177 g/mol. The van der Waals surface area contributed by atoms with Gasteiger partial charge in [-0.1, -0.05) is 12.1 Å². The van der Waals surface area contributed by atoms with Crippen LogP contribution >= 0.6 is 0 Å². The second-order valence-electron chi connectivity index (χ2n) is 3.99. The molecule has 1 saturated carbocycles. The number of hydrogen-bond acceptors (Lipinski definition) is 2. The third-order valence-corrected chi connectivity index (χ3v) is 3.10. The molecule has 0 heterocycles. The van der Waals surface area contributed by atoms with Crippen molar-refractivity contribution in [1.82, 2.24) is 0 Å². The number of phenols is 1. The summed E-state index contributed by atoms with van der Waals surface area (Å²) in [6.45, 7) is 2.06. The molecule has 0 bridgehead atoms. The van der Waals surface area contributed by atoms with Crippen LogP contribution in [0.15, 0.2) is 24.3 Å². The van der Waals surface area contributed by atoms with E-state index >= 15 is 0 Å². The standard InChI is InChI=1S/C11H15NO/c1-8(12)11(6-7-11)9-2-4-10(13)5-3-9/h2-5,8,13H,6-7,12H2,1H3. The molecule has 0 radical (unpaired) electrons. The molecule has 0 spiro atoms. The molecule has 2 nitrogen and oxygen atoms in total. The lowest BCUT2D eigenvalue weighted by atomic mass is 9.89. The summed E-state index contributed by atoms with van der Waals surface area (Å²) < 4.78 is 0. The molecule has 0 aromatic heterocycles. The third-order valence-electron chi connectivity index (χ3n) is 3.10. The first kappa shape index (κ1) is 8.57. The van der Waals surface area contributed by atoms with Gasteiger partial charge < -0.3 is 10.8 Å². The van der Waals surface area contributed by atoms with Crippen molar-refractivity contribution >= 4 is 0 Å². The molecular formula is C11H15NO. The lowest BCUT2D eigenvalue weighted by molar-refractivity contribution is 0.474. The third kappa shape index (κ3) is 1.31. The first-order chi connectivity index (χ1) is 6.15. The molecule has 1 aliphatic carbocycles. The van der Waals surface area contributed by atoms with Crippen molar-refractivity contribution in [3.8, 4) is 5.75 Å². The normalized spacial score (nSPS) is 21.1. The molecule has 1 aromatic rings. The maximum absolute atomic E-state index is 9.15. The fourth-order valence-electron chi connectivity index (χ4n) is 1.93. The van der Waals surface area contributed by atoms with E-state index in [9.17, 15) is 0 Å². The van der Waals surface area contributed by atoms with E-state index in [1.807, 2.05) is 12.1 Å². The Morgan fingerprint density at radius 3 is 2.23 bits per heavy atom. The average molecular weight is 177 g/mol. The van der Waals surface area contributed by atoms with E-state index in [4.69, 9.17) is 10.8 Å². The summed E-state index contributed by atoms with van der Waals surface area (Å²) in [6.07, 6.45) is 2.35. The van der Waals surface area contributed by atoms with E-state index in [1.165, 1.54) is 18.4 Å². The SMILES string of the molecule is CC(N)C1(c2ccc(O)cc2)CC1. The van der Waals surface area contributed by atoms with Gasteiger partial charge in [0.1, 0.15) is 5.75 Å². The zero-order valence-corrected chi connectivity index (χ0v) is 7.83. The van der Waals surface area contributed by atoms with Crippen molar-refractivity contribution in [2.75, 3.05) is 0 Å². The van der Waals surface area contributed by atoms with Crippen LogP contribution in [0.1, 0.15) is 25.3 Å². The van der Waals surface area contributed by atoms with E-state index in [1.54, 1.807) is 12.1 Å². The Hall–Kier alpha value is -1.02. The van der Waals surface area contributed by atoms with Gasteiger partial charge in [0.15, 0.2) is 0 Å². The number of rotatable bonds is 2. The van der Waals surface area contributed by atoms with Gasteiger partial charge in [-0.05, 0) is 37.5 Å². The molecule has 0 amide bonds. The molecule has 1 aliphatic rings. The van der Waals surface area contributed by atoms with Gasteiger partial charge in [0, 0.05) is 11.5 Å². The van der Waals surface area contributed by atoms with Crippen LogP contribution in [0.3, 0.4) is 0 Å². The molecule has 3 N–H and O–H groups in total. The highest BCUT2D eigenvalue weighted by Gasteiger charge is 2.47. The molecule has 1 unspecified atom stereocenters. The van der Waals surface area contributed by atoms with Crippen molar-refractivity contribution in [3.05, 3.63) is 29.8 Å². The Labute approximate surface area is 78.4 Å². The van der Waals surface area contributed by atoms with E-state index in [0.29, 0.717) is 5.75 Å². The molecule has 2 heteroatoms. The van der Waals surface area contributed by atoms with Gasteiger partial charge in [-0.25, -0.2) is 0 Å². The number of phenolic OH excluding ortho intramolecular Hbond substituents is 1. The Kier molecular flexibility index (Phi) is 1.81. The zero-order valence-electron chi connectivity index (χ0n) is 7.83. The fraction of sp³-hybridized carbons (Fsp3) is 0.455. The van der Waals surface area contributed by atoms with Gasteiger partial charge in [-0.2, -0.15) is 0 Å². The molecule has 1 fully saturated rings. The second-order valence-corrected chi connectivity index (χ2v) is 3.99. The highest BCUT2D eigenvalue weighted by molar-refractivity contribution is 5.36. The van der Waals surface area contributed by atoms with E-state index in [-0.39, 0.29) is 11.5 Å². The summed E-state index contributed by atoms with van der Waals surface area (Å²) in [7, 11) is 0. The minimum Gasteiger partial charge on any atom is -0.508 e. The molecule has 1 aromatic carbocycles. The summed E-state index contributed by atoms with van der Waals surface area (Å²) in [5.41, 5.74) is 7.41. The Morgan fingerprint density at radius 2 is 1.85 bits per heavy atom. The quantitative estimate of drug-likeness (QED) is 0.723. The minimum absolute atomic E-state index is 0.202. The Balaban J connectivity index is 2.31. The molecular weight excluding hydrogens is 162 g/mol. The topological polar surface area (TPSA) is 46.2 Å². The van der Waals surface area contributed by atoms with Crippen molar-refractivity contribution in [3.63, 3.8) is 0 Å². The van der Waals surface area contributed by atoms with Crippen LogP contribution in [-0.2, 0) is 5.41 Å². The van der Waals surface area contributed by atoms with Crippen molar-refractivity contribution < 1.29 is 5.11 Å². The largest absolute Gasteiger partial charge is 0.508 e. The van der Waals surface area contributed by atoms with Crippen LogP contribution in [0.5, 0.6) is 5.75 Å². The van der Waals surface area contributed by atoms with Crippen molar-refractivity contribution in [2.45, 2.75) is 31.2 Å². The van der Waals surface area contributed by atoms with Crippen LogP contribution in [0.25, 0.3) is 0 Å². The van der Waals surface area contributed by atoms with Gasteiger partial charge in [0.05, 0.1) is 0 Å². The predicted octanol–water partition coefficient (Wildman–Crippen LogP) is 1.77. The summed E-state index contributed by atoms with van der Waals surface area (Å²) in [5.74, 6) is 0.323. The highest BCUT2D eigenvalue weighted by Crippen LogP contribution is 2.50. The van der Waals surface area contributed by atoms with Gasteiger partial charge in [-0.15, -0.1) is 0 Å². The number of hydrogen-bond donors (Lipinski definition) is 2. The first-order valence-electron chi connectivity index (χ1n) is 4.70. The fourth-order valence-corrected chi connectivity index (χ4v) is 1.93. The summed E-state index contributed by atoms with van der Waals surface area (Å²) in [6, 6.07) is 7.63. The molecule has 13 heavy (non-hydrogen) atoms. The first-order valence-corrected chi connectivity index (χ1v) is 4.70. The van der Waals surface area contributed by atoms with Crippen LogP contribution in [0, 0.1) is 0 Å². The molecule has 1 atom stereocenters. The van der Waals surface area contributed by atoms with E-state index in [0.717, 1.165) is 0 Å². The van der Waals surface area contributed by atoms with Crippen LogP contribution in [0.4, 0.5) is 0 Å². The zero-order chi connectivity index (χ0) is 9.47. The van der Waals surface area contributed by atoms with Gasteiger partial charge in [0.25, 0.3) is 0 Å². The molecule has 0 aliphatic heterocycles. The predicted molar refractivity (Wildman–Crippen MR) is 52.7 cm³/mol. The van der Waals surface area contributed by atoms with Crippen molar-refractivity contribution in [1.29, 1.82) is 0 Å².